The first kappa shape index (κ1) is 8.05. The number of rotatable bonds is 1. The van der Waals surface area contributed by atoms with Gasteiger partial charge in [-0.3, -0.25) is 4.79 Å². The van der Waals surface area contributed by atoms with Crippen LogP contribution in [0.3, 0.4) is 0 Å². The molecule has 2 fully saturated rings. The first-order valence-corrected chi connectivity index (χ1v) is 4.39. The topological polar surface area (TPSA) is 49.3 Å². The summed E-state index contributed by atoms with van der Waals surface area (Å²) in [4.78, 5) is 11.0. The van der Waals surface area contributed by atoms with E-state index in [1.807, 2.05) is 0 Å². The third kappa shape index (κ3) is 0.678. The molecular weight excluding hydrogens is 154 g/mol. The first-order chi connectivity index (χ1) is 5.40. The van der Waals surface area contributed by atoms with Crippen molar-refractivity contribution in [3.05, 3.63) is 0 Å². The van der Waals surface area contributed by atoms with Crippen molar-refractivity contribution in [2.75, 3.05) is 6.54 Å². The smallest absolute Gasteiger partial charge is 0.323 e. The van der Waals surface area contributed by atoms with Gasteiger partial charge in [0.05, 0.1) is 0 Å². The Labute approximate surface area is 72.2 Å². The van der Waals surface area contributed by atoms with E-state index in [-0.39, 0.29) is 5.41 Å². The van der Waals surface area contributed by atoms with Gasteiger partial charge in [-0.05, 0) is 30.7 Å². The molecule has 2 N–H and O–H groups in total. The summed E-state index contributed by atoms with van der Waals surface area (Å²) in [5.41, 5.74) is -0.438. The van der Waals surface area contributed by atoms with Gasteiger partial charge in [0.2, 0.25) is 0 Å². The highest BCUT2D eigenvalue weighted by molar-refractivity contribution is 5.80. The Bertz CT molecular complexity index is 249. The van der Waals surface area contributed by atoms with Crippen molar-refractivity contribution in [2.45, 2.75) is 26.3 Å². The minimum Gasteiger partial charge on any atom is -0.480 e. The van der Waals surface area contributed by atoms with Crippen LogP contribution in [-0.2, 0) is 4.79 Å². The van der Waals surface area contributed by atoms with Crippen LogP contribution >= 0.6 is 0 Å². The molecule has 1 aliphatic heterocycles. The fourth-order valence-electron chi connectivity index (χ4n) is 2.91. The second-order valence-corrected chi connectivity index (χ2v) is 4.79. The number of carbonyl (C=O) groups is 1. The summed E-state index contributed by atoms with van der Waals surface area (Å²) in [7, 11) is 0. The van der Waals surface area contributed by atoms with Gasteiger partial charge in [0.1, 0.15) is 5.54 Å². The maximum atomic E-state index is 11.0. The van der Waals surface area contributed by atoms with Crippen LogP contribution in [0.15, 0.2) is 0 Å². The van der Waals surface area contributed by atoms with Crippen LogP contribution < -0.4 is 5.32 Å². The Morgan fingerprint density at radius 3 is 2.33 bits per heavy atom. The molecule has 0 bridgehead atoms. The molecule has 3 heteroatoms. The molecule has 2 rings (SSSR count). The molecule has 68 valence electrons. The van der Waals surface area contributed by atoms with Gasteiger partial charge in [0.15, 0.2) is 0 Å². The number of carboxylic acids is 1. The van der Waals surface area contributed by atoms with E-state index in [0.717, 1.165) is 6.54 Å². The Balaban J connectivity index is 2.27. The standard InChI is InChI=1S/C9H15NO2/c1-8(2)5-4-10-9(3,6(5)8)7(11)12/h5-6,10H,4H2,1-3H3,(H,11,12)/t5-,6+,9+/m1/s1. The van der Waals surface area contributed by atoms with Crippen molar-refractivity contribution < 1.29 is 9.90 Å². The molecule has 0 amide bonds. The molecule has 0 spiro atoms. The number of fused-ring (bicyclic) bond motifs is 1. The van der Waals surface area contributed by atoms with Gasteiger partial charge >= 0.3 is 5.97 Å². The predicted molar refractivity (Wildman–Crippen MR) is 44.8 cm³/mol. The second-order valence-electron chi connectivity index (χ2n) is 4.79. The van der Waals surface area contributed by atoms with Gasteiger partial charge < -0.3 is 10.4 Å². The third-order valence-electron chi connectivity index (χ3n) is 3.81. The SMILES string of the molecule is CC1(C)[C@@H]2CN[C@](C)(C(=O)O)[C@@H]21. The maximum absolute atomic E-state index is 11.0. The van der Waals surface area contributed by atoms with Crippen molar-refractivity contribution in [2.24, 2.45) is 17.3 Å². The number of piperidine rings is 1. The minimum atomic E-state index is -0.708. The molecule has 1 heterocycles. The van der Waals surface area contributed by atoms with E-state index in [2.05, 4.69) is 19.2 Å². The lowest BCUT2D eigenvalue weighted by molar-refractivity contribution is -0.144. The lowest BCUT2D eigenvalue weighted by Gasteiger charge is -2.25. The van der Waals surface area contributed by atoms with Crippen molar-refractivity contribution in [3.63, 3.8) is 0 Å². The Hall–Kier alpha value is -0.570. The largest absolute Gasteiger partial charge is 0.480 e. The number of hydrogen-bond acceptors (Lipinski definition) is 2. The zero-order valence-corrected chi connectivity index (χ0v) is 7.72. The van der Waals surface area contributed by atoms with Crippen molar-refractivity contribution >= 4 is 5.97 Å². The van der Waals surface area contributed by atoms with Crippen LogP contribution in [0.2, 0.25) is 0 Å². The van der Waals surface area contributed by atoms with Gasteiger partial charge in [-0.1, -0.05) is 13.8 Å². The molecular formula is C9H15NO2. The van der Waals surface area contributed by atoms with E-state index in [0.29, 0.717) is 11.8 Å². The lowest BCUT2D eigenvalue weighted by atomic mass is 9.91. The lowest BCUT2D eigenvalue weighted by Crippen LogP contribution is -2.50. The van der Waals surface area contributed by atoms with E-state index >= 15 is 0 Å². The summed E-state index contributed by atoms with van der Waals surface area (Å²) in [6.07, 6.45) is 0. The fraction of sp³-hybridized carbons (Fsp3) is 0.889. The van der Waals surface area contributed by atoms with E-state index in [1.165, 1.54) is 0 Å². The average molecular weight is 169 g/mol. The summed E-state index contributed by atoms with van der Waals surface area (Å²) < 4.78 is 0. The summed E-state index contributed by atoms with van der Waals surface area (Å²) >= 11 is 0. The number of aliphatic carboxylic acids is 1. The molecule has 3 nitrogen and oxygen atoms in total. The predicted octanol–water partition coefficient (Wildman–Crippen LogP) is 0.705. The monoisotopic (exact) mass is 169 g/mol. The Morgan fingerprint density at radius 1 is 1.50 bits per heavy atom. The molecule has 1 saturated carbocycles. The van der Waals surface area contributed by atoms with Crippen LogP contribution in [0.1, 0.15) is 20.8 Å². The Morgan fingerprint density at radius 2 is 2.08 bits per heavy atom. The molecule has 2 aliphatic rings. The summed E-state index contributed by atoms with van der Waals surface area (Å²) in [6.45, 7) is 6.98. The summed E-state index contributed by atoms with van der Waals surface area (Å²) in [6, 6.07) is 0. The van der Waals surface area contributed by atoms with Crippen LogP contribution in [0.4, 0.5) is 0 Å². The van der Waals surface area contributed by atoms with Crippen LogP contribution in [-0.4, -0.2) is 23.2 Å². The van der Waals surface area contributed by atoms with Gasteiger partial charge in [0.25, 0.3) is 0 Å². The molecule has 12 heavy (non-hydrogen) atoms. The van der Waals surface area contributed by atoms with Crippen LogP contribution in [0.25, 0.3) is 0 Å². The van der Waals surface area contributed by atoms with Crippen molar-refractivity contribution in [1.82, 2.24) is 5.32 Å². The third-order valence-corrected chi connectivity index (χ3v) is 3.81. The zero-order chi connectivity index (χ0) is 9.15. The first-order valence-electron chi connectivity index (χ1n) is 4.39. The van der Waals surface area contributed by atoms with Gasteiger partial charge in [-0.25, -0.2) is 0 Å². The average Bonchev–Trinajstić information content (AvgIpc) is 2.37. The molecule has 0 unspecified atom stereocenters. The quantitative estimate of drug-likeness (QED) is 0.607. The highest BCUT2D eigenvalue weighted by Crippen LogP contribution is 2.65. The van der Waals surface area contributed by atoms with E-state index in [1.54, 1.807) is 6.92 Å². The maximum Gasteiger partial charge on any atom is 0.323 e. The number of hydrogen-bond donors (Lipinski definition) is 2. The van der Waals surface area contributed by atoms with E-state index in [4.69, 9.17) is 5.11 Å². The highest BCUT2D eigenvalue weighted by atomic mass is 16.4. The highest BCUT2D eigenvalue weighted by Gasteiger charge is 2.71. The molecule has 0 aromatic rings. The summed E-state index contributed by atoms with van der Waals surface area (Å²) in [5.74, 6) is 0.182. The normalized spacial score (nSPS) is 48.6. The van der Waals surface area contributed by atoms with Crippen LogP contribution in [0.5, 0.6) is 0 Å². The fourth-order valence-corrected chi connectivity index (χ4v) is 2.91. The molecule has 0 radical (unpaired) electrons. The number of nitrogens with one attached hydrogen (secondary N) is 1. The molecule has 1 aliphatic carbocycles. The minimum absolute atomic E-state index is 0.235. The number of carboxylic acid groups (broad SMARTS) is 1. The van der Waals surface area contributed by atoms with E-state index in [9.17, 15) is 4.79 Å². The molecule has 3 atom stereocenters. The molecule has 1 saturated heterocycles. The molecule has 0 aromatic heterocycles. The molecule has 0 aromatic carbocycles. The van der Waals surface area contributed by atoms with Crippen molar-refractivity contribution in [1.29, 1.82) is 0 Å². The second kappa shape index (κ2) is 1.84. The summed E-state index contributed by atoms with van der Waals surface area (Å²) in [5, 5.41) is 12.1. The van der Waals surface area contributed by atoms with Crippen molar-refractivity contribution in [3.8, 4) is 0 Å². The van der Waals surface area contributed by atoms with Crippen LogP contribution in [0, 0.1) is 17.3 Å². The van der Waals surface area contributed by atoms with E-state index < -0.39 is 11.5 Å². The zero-order valence-electron chi connectivity index (χ0n) is 7.72. The van der Waals surface area contributed by atoms with Gasteiger partial charge in [-0.2, -0.15) is 0 Å². The van der Waals surface area contributed by atoms with Gasteiger partial charge in [0, 0.05) is 0 Å². The Kier molecular flexibility index (Phi) is 1.24. The van der Waals surface area contributed by atoms with Gasteiger partial charge in [-0.15, -0.1) is 0 Å².